The summed E-state index contributed by atoms with van der Waals surface area (Å²) in [5, 5.41) is 7.95. The highest BCUT2D eigenvalue weighted by Crippen LogP contribution is 2.25. The highest BCUT2D eigenvalue weighted by atomic mass is 35.5. The largest absolute Gasteiger partial charge is 0.492 e. The van der Waals surface area contributed by atoms with Crippen LogP contribution in [-0.2, 0) is 6.42 Å². The van der Waals surface area contributed by atoms with Gasteiger partial charge in [0.05, 0.1) is 17.2 Å². The number of rotatable bonds is 5. The normalized spacial score (nSPS) is 10.2. The van der Waals surface area contributed by atoms with Gasteiger partial charge in [0, 0.05) is 18.8 Å². The van der Waals surface area contributed by atoms with Crippen LogP contribution in [0.4, 0.5) is 0 Å². The molecule has 0 bridgehead atoms. The van der Waals surface area contributed by atoms with Gasteiger partial charge in [-0.3, -0.25) is 10.4 Å². The molecule has 0 unspecified atom stereocenters. The summed E-state index contributed by atoms with van der Waals surface area (Å²) in [4.78, 5) is 3.96. The fourth-order valence-corrected chi connectivity index (χ4v) is 1.98. The number of aromatic nitrogens is 1. The molecule has 3 N–H and O–H groups in total. The van der Waals surface area contributed by atoms with Crippen LogP contribution in [0.2, 0.25) is 5.02 Å². The van der Waals surface area contributed by atoms with E-state index in [9.17, 15) is 0 Å². The number of nitrogens with two attached hydrogens (primary N) is 1. The average molecular weight is 276 g/mol. The molecular weight excluding hydrogens is 262 g/mol. The van der Waals surface area contributed by atoms with Crippen LogP contribution in [0.25, 0.3) is 0 Å². The maximum absolute atomic E-state index is 7.52. The van der Waals surface area contributed by atoms with Gasteiger partial charge in [-0.15, -0.1) is 0 Å². The lowest BCUT2D eigenvalue weighted by Gasteiger charge is -2.11. The average Bonchev–Trinajstić information content (AvgIpc) is 2.39. The Morgan fingerprint density at radius 3 is 2.68 bits per heavy atom. The molecule has 2 aromatic rings. The lowest BCUT2D eigenvalue weighted by Crippen LogP contribution is -2.14. The van der Waals surface area contributed by atoms with Gasteiger partial charge in [-0.1, -0.05) is 17.7 Å². The molecule has 4 nitrogen and oxygen atoms in total. The molecule has 2 rings (SSSR count). The highest BCUT2D eigenvalue weighted by molar-refractivity contribution is 6.34. The van der Waals surface area contributed by atoms with Gasteiger partial charge in [0.15, 0.2) is 0 Å². The first-order chi connectivity index (χ1) is 9.18. The molecule has 0 aliphatic carbocycles. The summed E-state index contributed by atoms with van der Waals surface area (Å²) in [6, 6.07) is 9.10. The Morgan fingerprint density at radius 2 is 2.00 bits per heavy atom. The van der Waals surface area contributed by atoms with Crippen molar-refractivity contribution in [3.8, 4) is 5.75 Å². The number of pyridine rings is 1. The molecule has 0 fully saturated rings. The molecule has 1 aromatic heterocycles. The summed E-state index contributed by atoms with van der Waals surface area (Å²) < 4.78 is 5.66. The minimum absolute atomic E-state index is 0.0930. The van der Waals surface area contributed by atoms with E-state index in [0.29, 0.717) is 22.9 Å². The standard InChI is InChI=1S/C14H14ClN3O/c15-11-2-1-3-12(13(11)14(16)17)19-9-6-10-4-7-18-8-5-10/h1-5,7-8H,6,9H2,(H3,16,17). The molecule has 98 valence electrons. The van der Waals surface area contributed by atoms with Crippen molar-refractivity contribution in [2.24, 2.45) is 5.73 Å². The van der Waals surface area contributed by atoms with Crippen LogP contribution in [0, 0.1) is 5.41 Å². The van der Waals surface area contributed by atoms with E-state index in [1.165, 1.54) is 0 Å². The molecule has 5 heteroatoms. The van der Waals surface area contributed by atoms with Crippen LogP contribution in [0.15, 0.2) is 42.7 Å². The maximum atomic E-state index is 7.52. The Labute approximate surface area is 116 Å². The van der Waals surface area contributed by atoms with Crippen LogP contribution >= 0.6 is 11.6 Å². The fraction of sp³-hybridized carbons (Fsp3) is 0.143. The zero-order valence-electron chi connectivity index (χ0n) is 10.3. The fourth-order valence-electron chi connectivity index (χ4n) is 1.71. The Kier molecular flexibility index (Phi) is 4.36. The molecule has 1 heterocycles. The molecule has 0 spiro atoms. The second-order valence-electron chi connectivity index (χ2n) is 3.98. The molecule has 0 aliphatic rings. The molecule has 0 radical (unpaired) electrons. The van der Waals surface area contributed by atoms with Crippen molar-refractivity contribution in [2.45, 2.75) is 6.42 Å². The van der Waals surface area contributed by atoms with Crippen molar-refractivity contribution in [3.05, 3.63) is 58.9 Å². The number of benzene rings is 1. The van der Waals surface area contributed by atoms with Crippen molar-refractivity contribution in [3.63, 3.8) is 0 Å². The summed E-state index contributed by atoms with van der Waals surface area (Å²) >= 11 is 6.01. The van der Waals surface area contributed by atoms with Gasteiger partial charge < -0.3 is 10.5 Å². The van der Waals surface area contributed by atoms with Crippen LogP contribution in [0.5, 0.6) is 5.75 Å². The van der Waals surface area contributed by atoms with Gasteiger partial charge in [0.25, 0.3) is 0 Å². The summed E-state index contributed by atoms with van der Waals surface area (Å²) in [7, 11) is 0. The third-order valence-corrected chi connectivity index (χ3v) is 2.96. The van der Waals surface area contributed by atoms with Crippen molar-refractivity contribution >= 4 is 17.4 Å². The van der Waals surface area contributed by atoms with Crippen LogP contribution in [-0.4, -0.2) is 17.4 Å². The van der Waals surface area contributed by atoms with E-state index in [1.807, 2.05) is 12.1 Å². The lowest BCUT2D eigenvalue weighted by molar-refractivity contribution is 0.321. The van der Waals surface area contributed by atoms with Gasteiger partial charge >= 0.3 is 0 Å². The van der Waals surface area contributed by atoms with Crippen LogP contribution in [0.3, 0.4) is 0 Å². The summed E-state index contributed by atoms with van der Waals surface area (Å²) in [5.41, 5.74) is 7.09. The summed E-state index contributed by atoms with van der Waals surface area (Å²) in [6.45, 7) is 0.491. The Bertz CT molecular complexity index is 572. The quantitative estimate of drug-likeness (QED) is 0.651. The smallest absolute Gasteiger partial charge is 0.131 e. The predicted molar refractivity (Wildman–Crippen MR) is 75.9 cm³/mol. The first kappa shape index (κ1) is 13.4. The van der Waals surface area contributed by atoms with E-state index in [0.717, 1.165) is 12.0 Å². The van der Waals surface area contributed by atoms with E-state index in [1.54, 1.807) is 30.6 Å². The first-order valence-electron chi connectivity index (χ1n) is 5.83. The van der Waals surface area contributed by atoms with Crippen LogP contribution < -0.4 is 10.5 Å². The van der Waals surface area contributed by atoms with E-state index >= 15 is 0 Å². The highest BCUT2D eigenvalue weighted by Gasteiger charge is 2.10. The number of nitrogens with zero attached hydrogens (tertiary/aromatic N) is 1. The molecule has 0 atom stereocenters. The topological polar surface area (TPSA) is 72.0 Å². The van der Waals surface area contributed by atoms with Gasteiger partial charge in [0.1, 0.15) is 11.6 Å². The van der Waals surface area contributed by atoms with Gasteiger partial charge in [-0.2, -0.15) is 0 Å². The molecule has 0 saturated heterocycles. The van der Waals surface area contributed by atoms with Gasteiger partial charge in [0.2, 0.25) is 0 Å². The number of nitrogen functional groups attached to an aromatic ring is 1. The van der Waals surface area contributed by atoms with Crippen molar-refractivity contribution < 1.29 is 4.74 Å². The Hall–Kier alpha value is -2.07. The minimum atomic E-state index is -0.0930. The van der Waals surface area contributed by atoms with Crippen molar-refractivity contribution in [1.29, 1.82) is 5.41 Å². The van der Waals surface area contributed by atoms with Crippen LogP contribution in [0.1, 0.15) is 11.1 Å². The Morgan fingerprint density at radius 1 is 1.26 bits per heavy atom. The number of hydrogen-bond donors (Lipinski definition) is 2. The van der Waals surface area contributed by atoms with E-state index in [-0.39, 0.29) is 5.84 Å². The predicted octanol–water partition coefficient (Wildman–Crippen LogP) is 2.64. The number of amidine groups is 1. The SMILES string of the molecule is N=C(N)c1c(Cl)cccc1OCCc1ccncc1. The molecule has 0 amide bonds. The summed E-state index contributed by atoms with van der Waals surface area (Å²) in [5.74, 6) is 0.443. The van der Waals surface area contributed by atoms with Crippen molar-refractivity contribution in [2.75, 3.05) is 6.61 Å². The molecule has 0 aliphatic heterocycles. The number of halogens is 1. The third-order valence-electron chi connectivity index (χ3n) is 2.64. The second-order valence-corrected chi connectivity index (χ2v) is 4.39. The Balaban J connectivity index is 2.04. The minimum Gasteiger partial charge on any atom is -0.492 e. The maximum Gasteiger partial charge on any atom is 0.131 e. The lowest BCUT2D eigenvalue weighted by atomic mass is 10.2. The monoisotopic (exact) mass is 275 g/mol. The molecule has 1 aromatic carbocycles. The number of hydrogen-bond acceptors (Lipinski definition) is 3. The van der Waals surface area contributed by atoms with Crippen molar-refractivity contribution in [1.82, 2.24) is 4.98 Å². The van der Waals surface area contributed by atoms with E-state index < -0.39 is 0 Å². The molecular formula is C14H14ClN3O. The van der Waals surface area contributed by atoms with E-state index in [4.69, 9.17) is 27.5 Å². The summed E-state index contributed by atoms with van der Waals surface area (Å²) in [6.07, 6.45) is 4.25. The number of ether oxygens (including phenoxy) is 1. The van der Waals surface area contributed by atoms with E-state index in [2.05, 4.69) is 4.98 Å². The first-order valence-corrected chi connectivity index (χ1v) is 6.21. The third kappa shape index (κ3) is 3.45. The zero-order valence-corrected chi connectivity index (χ0v) is 11.0. The zero-order chi connectivity index (χ0) is 13.7. The second kappa shape index (κ2) is 6.20. The molecule has 0 saturated carbocycles. The van der Waals surface area contributed by atoms with Gasteiger partial charge in [-0.05, 0) is 29.8 Å². The molecule has 19 heavy (non-hydrogen) atoms. The van der Waals surface area contributed by atoms with Gasteiger partial charge in [-0.25, -0.2) is 0 Å². The number of nitrogens with one attached hydrogen (secondary N) is 1.